The second-order valence-electron chi connectivity index (χ2n) is 3.12. The summed E-state index contributed by atoms with van der Waals surface area (Å²) >= 11 is 0. The van der Waals surface area contributed by atoms with E-state index in [1.54, 1.807) is 6.08 Å². The summed E-state index contributed by atoms with van der Waals surface area (Å²) in [6, 6.07) is 5.59. The Morgan fingerprint density at radius 1 is 1.47 bits per heavy atom. The van der Waals surface area contributed by atoms with Crippen LogP contribution in [0.2, 0.25) is 0 Å². The van der Waals surface area contributed by atoms with Gasteiger partial charge in [0.2, 0.25) is 0 Å². The minimum Gasteiger partial charge on any atom is -0.466 e. The van der Waals surface area contributed by atoms with Crippen molar-refractivity contribution in [2.24, 2.45) is 0 Å². The molecule has 0 aliphatic heterocycles. The van der Waals surface area contributed by atoms with Gasteiger partial charge >= 0.3 is 5.97 Å². The second-order valence-corrected chi connectivity index (χ2v) is 3.12. The smallest absolute Gasteiger partial charge is 0.330 e. The van der Waals surface area contributed by atoms with E-state index in [1.165, 1.54) is 19.4 Å². The van der Waals surface area contributed by atoms with Gasteiger partial charge in [0.05, 0.1) is 7.11 Å². The second kappa shape index (κ2) is 5.10. The first-order valence-corrected chi connectivity index (χ1v) is 4.54. The molecule has 1 N–H and O–H groups in total. The zero-order valence-corrected chi connectivity index (χ0v) is 8.78. The van der Waals surface area contributed by atoms with Crippen LogP contribution >= 0.6 is 0 Å². The molecule has 1 aromatic rings. The van der Waals surface area contributed by atoms with E-state index < -0.39 is 0 Å². The highest BCUT2D eigenvalue weighted by molar-refractivity contribution is 5.87. The van der Waals surface area contributed by atoms with E-state index in [1.807, 2.05) is 25.1 Å². The van der Waals surface area contributed by atoms with E-state index in [2.05, 4.69) is 4.74 Å². The van der Waals surface area contributed by atoms with Crippen molar-refractivity contribution in [1.82, 2.24) is 0 Å². The first kappa shape index (κ1) is 11.2. The maximum Gasteiger partial charge on any atom is 0.330 e. The number of methoxy groups -OCH3 is 1. The van der Waals surface area contributed by atoms with Crippen molar-refractivity contribution in [1.29, 1.82) is 5.41 Å². The van der Waals surface area contributed by atoms with E-state index in [9.17, 15) is 4.79 Å². The van der Waals surface area contributed by atoms with Crippen LogP contribution in [0.1, 0.15) is 16.7 Å². The van der Waals surface area contributed by atoms with Gasteiger partial charge in [-0.15, -0.1) is 0 Å². The van der Waals surface area contributed by atoms with E-state index in [0.717, 1.165) is 16.7 Å². The molecule has 3 heteroatoms. The molecule has 0 aromatic heterocycles. The summed E-state index contributed by atoms with van der Waals surface area (Å²) in [6.07, 6.45) is 4.38. The van der Waals surface area contributed by atoms with Crippen LogP contribution in [0, 0.1) is 12.3 Å². The lowest BCUT2D eigenvalue weighted by Crippen LogP contribution is -1.94. The van der Waals surface area contributed by atoms with Crippen LogP contribution in [-0.4, -0.2) is 19.3 Å². The summed E-state index contributed by atoms with van der Waals surface area (Å²) in [7, 11) is 1.34. The lowest BCUT2D eigenvalue weighted by atomic mass is 10.1. The molecule has 0 amide bonds. The minimum atomic E-state index is -0.370. The van der Waals surface area contributed by atoms with Gasteiger partial charge in [-0.25, -0.2) is 4.79 Å². The molecule has 0 aliphatic carbocycles. The third-order valence-corrected chi connectivity index (χ3v) is 2.06. The van der Waals surface area contributed by atoms with Crippen molar-refractivity contribution in [3.63, 3.8) is 0 Å². The molecule has 0 spiro atoms. The van der Waals surface area contributed by atoms with E-state index in [-0.39, 0.29) is 5.97 Å². The molecule has 0 saturated carbocycles. The van der Waals surface area contributed by atoms with Gasteiger partial charge in [0.25, 0.3) is 0 Å². The predicted octanol–water partition coefficient (Wildman–Crippen LogP) is 2.18. The van der Waals surface area contributed by atoms with Crippen molar-refractivity contribution in [3.05, 3.63) is 41.0 Å². The highest BCUT2D eigenvalue weighted by Crippen LogP contribution is 2.11. The molecule has 0 unspecified atom stereocenters. The Labute approximate surface area is 88.9 Å². The largest absolute Gasteiger partial charge is 0.466 e. The van der Waals surface area contributed by atoms with Crippen molar-refractivity contribution < 1.29 is 9.53 Å². The number of benzene rings is 1. The standard InChI is InChI=1S/C12H13NO2/c1-9-7-10(8-13)3-4-11(9)5-6-12(14)15-2/h3-8,13H,1-2H3/b6-5+,13-8?. The lowest BCUT2D eigenvalue weighted by molar-refractivity contribution is -0.134. The van der Waals surface area contributed by atoms with Crippen LogP contribution < -0.4 is 0 Å². The Morgan fingerprint density at radius 3 is 2.73 bits per heavy atom. The van der Waals surface area contributed by atoms with Crippen LogP contribution in [0.4, 0.5) is 0 Å². The van der Waals surface area contributed by atoms with Gasteiger partial charge in [0.1, 0.15) is 0 Å². The first-order valence-electron chi connectivity index (χ1n) is 4.54. The first-order chi connectivity index (χ1) is 7.17. The summed E-state index contributed by atoms with van der Waals surface area (Å²) in [6.45, 7) is 1.93. The number of carbonyl (C=O) groups excluding carboxylic acids is 1. The van der Waals surface area contributed by atoms with Crippen molar-refractivity contribution >= 4 is 18.3 Å². The van der Waals surface area contributed by atoms with Gasteiger partial charge in [-0.05, 0) is 35.8 Å². The van der Waals surface area contributed by atoms with Crippen LogP contribution in [0.5, 0.6) is 0 Å². The Kier molecular flexibility index (Phi) is 3.80. The Morgan fingerprint density at radius 2 is 2.20 bits per heavy atom. The SMILES string of the molecule is COC(=O)/C=C/c1ccc(C=N)cc1C. The molecule has 0 fully saturated rings. The topological polar surface area (TPSA) is 50.2 Å². The summed E-state index contributed by atoms with van der Waals surface area (Å²) in [5, 5.41) is 7.09. The summed E-state index contributed by atoms with van der Waals surface area (Å²) in [5.74, 6) is -0.370. The van der Waals surface area contributed by atoms with Gasteiger partial charge in [0, 0.05) is 12.3 Å². The predicted molar refractivity (Wildman–Crippen MR) is 60.1 cm³/mol. The van der Waals surface area contributed by atoms with E-state index in [0.29, 0.717) is 0 Å². The minimum absolute atomic E-state index is 0.370. The Bertz CT molecular complexity index is 408. The van der Waals surface area contributed by atoms with Crippen LogP contribution in [0.25, 0.3) is 6.08 Å². The normalized spacial score (nSPS) is 10.3. The number of hydrogen-bond acceptors (Lipinski definition) is 3. The van der Waals surface area contributed by atoms with Gasteiger partial charge in [-0.3, -0.25) is 0 Å². The Balaban J connectivity index is 2.91. The Hall–Kier alpha value is -1.90. The number of hydrogen-bond donors (Lipinski definition) is 1. The van der Waals surface area contributed by atoms with Gasteiger partial charge in [-0.1, -0.05) is 12.1 Å². The van der Waals surface area contributed by atoms with Crippen molar-refractivity contribution in [2.45, 2.75) is 6.92 Å². The number of aryl methyl sites for hydroxylation is 1. The zero-order chi connectivity index (χ0) is 11.3. The van der Waals surface area contributed by atoms with Crippen LogP contribution in [-0.2, 0) is 9.53 Å². The molecule has 0 saturated heterocycles. The van der Waals surface area contributed by atoms with Gasteiger partial charge in [-0.2, -0.15) is 0 Å². The maximum atomic E-state index is 10.9. The molecule has 0 radical (unpaired) electrons. The summed E-state index contributed by atoms with van der Waals surface area (Å²) in [5.41, 5.74) is 2.82. The monoisotopic (exact) mass is 203 g/mol. The lowest BCUT2D eigenvalue weighted by Gasteiger charge is -2.01. The van der Waals surface area contributed by atoms with Crippen molar-refractivity contribution in [3.8, 4) is 0 Å². The molecule has 15 heavy (non-hydrogen) atoms. The van der Waals surface area contributed by atoms with E-state index >= 15 is 0 Å². The van der Waals surface area contributed by atoms with Gasteiger partial charge < -0.3 is 10.1 Å². The molecule has 1 rings (SSSR count). The molecule has 1 aromatic carbocycles. The third kappa shape index (κ3) is 3.06. The highest BCUT2D eigenvalue weighted by Gasteiger charge is 1.97. The third-order valence-electron chi connectivity index (χ3n) is 2.06. The average molecular weight is 203 g/mol. The fourth-order valence-corrected chi connectivity index (χ4v) is 1.20. The molecule has 0 bridgehead atoms. The molecule has 0 aliphatic rings. The number of ether oxygens (including phenoxy) is 1. The number of esters is 1. The zero-order valence-electron chi connectivity index (χ0n) is 8.78. The quantitative estimate of drug-likeness (QED) is 0.465. The van der Waals surface area contributed by atoms with Crippen molar-refractivity contribution in [2.75, 3.05) is 7.11 Å². The summed E-state index contributed by atoms with van der Waals surface area (Å²) in [4.78, 5) is 10.9. The van der Waals surface area contributed by atoms with Crippen LogP contribution in [0.3, 0.4) is 0 Å². The maximum absolute atomic E-state index is 10.9. The molecule has 0 heterocycles. The number of nitrogens with one attached hydrogen (secondary N) is 1. The van der Waals surface area contributed by atoms with Crippen LogP contribution in [0.15, 0.2) is 24.3 Å². The summed E-state index contributed by atoms with van der Waals surface area (Å²) < 4.78 is 4.49. The average Bonchev–Trinajstić information content (AvgIpc) is 2.26. The fourth-order valence-electron chi connectivity index (χ4n) is 1.20. The molecular weight excluding hydrogens is 190 g/mol. The van der Waals surface area contributed by atoms with E-state index in [4.69, 9.17) is 5.41 Å². The molecule has 0 atom stereocenters. The molecular formula is C12H13NO2. The van der Waals surface area contributed by atoms with Gasteiger partial charge in [0.15, 0.2) is 0 Å². The fraction of sp³-hybridized carbons (Fsp3) is 0.167. The highest BCUT2D eigenvalue weighted by atomic mass is 16.5. The molecule has 3 nitrogen and oxygen atoms in total. The molecule has 78 valence electrons. The number of rotatable bonds is 3. The number of carbonyl (C=O) groups is 1.